The maximum Gasteiger partial charge on any atom is 0.271 e. The predicted octanol–water partition coefficient (Wildman–Crippen LogP) is 6.47. The van der Waals surface area contributed by atoms with E-state index in [1.165, 1.54) is 17.6 Å². The average molecular weight is 519 g/mol. The van der Waals surface area contributed by atoms with Gasteiger partial charge in [0.1, 0.15) is 0 Å². The lowest BCUT2D eigenvalue weighted by molar-refractivity contribution is 0.0955. The first kappa shape index (κ1) is 23.1. The molecule has 0 bridgehead atoms. The number of aromatic amines is 1. The number of aromatic nitrogens is 3. The van der Waals surface area contributed by atoms with E-state index in [0.29, 0.717) is 20.7 Å². The van der Waals surface area contributed by atoms with Crippen LogP contribution in [0.1, 0.15) is 20.8 Å². The lowest BCUT2D eigenvalue weighted by Gasteiger charge is -2.02. The number of anilines is 2. The number of rotatable bonds is 8. The fourth-order valence-electron chi connectivity index (χ4n) is 3.21. The number of hydrazone groups is 1. The van der Waals surface area contributed by atoms with E-state index in [1.54, 1.807) is 23.9 Å². The van der Waals surface area contributed by atoms with Crippen LogP contribution in [-0.4, -0.2) is 27.1 Å². The van der Waals surface area contributed by atoms with Crippen LogP contribution in [0.2, 0.25) is 5.15 Å². The van der Waals surface area contributed by atoms with Crippen molar-refractivity contribution in [3.8, 4) is 0 Å². The van der Waals surface area contributed by atoms with E-state index < -0.39 is 0 Å². The van der Waals surface area contributed by atoms with Gasteiger partial charge in [-0.15, -0.1) is 0 Å². The maximum atomic E-state index is 12.5. The smallest absolute Gasteiger partial charge is 0.271 e. The summed E-state index contributed by atoms with van der Waals surface area (Å²) in [4.78, 5) is 25.3. The van der Waals surface area contributed by atoms with Crippen molar-refractivity contribution in [1.82, 2.24) is 20.4 Å². The molecule has 0 radical (unpaired) electrons. The molecule has 10 heteroatoms. The second-order valence-electron chi connectivity index (χ2n) is 7.41. The molecule has 5 aromatic rings. The number of carbonyl (C=O) groups excluding carboxylic acids is 1. The highest BCUT2D eigenvalue weighted by Gasteiger charge is 2.09. The highest BCUT2D eigenvalue weighted by molar-refractivity contribution is 7.98. The van der Waals surface area contributed by atoms with Gasteiger partial charge in [0.15, 0.2) is 15.4 Å². The Hall–Kier alpha value is -3.66. The summed E-state index contributed by atoms with van der Waals surface area (Å²) < 4.78 is 0. The van der Waals surface area contributed by atoms with Crippen LogP contribution in [0.5, 0.6) is 0 Å². The fraction of sp³-hybridized carbons (Fsp3) is 0.0400. The standard InChI is InChI=1S/C25H19ClN6OS2/c26-22-21(35-25(31-22)28-18-6-2-1-3-7-18)14-27-32-23(33)17-12-10-16(11-13-17)15-34-24-29-19-8-4-5-9-20(19)30-24/h1-14H,15H2,(H,28,31)(H,29,30)(H,32,33)/b27-14-. The molecule has 2 aromatic heterocycles. The Morgan fingerprint density at radius 3 is 2.60 bits per heavy atom. The minimum Gasteiger partial charge on any atom is -0.333 e. The number of carbonyl (C=O) groups is 1. The second-order valence-corrected chi connectivity index (χ2v) is 9.76. The molecule has 0 spiro atoms. The van der Waals surface area contributed by atoms with Crippen molar-refractivity contribution in [3.05, 3.63) is 100 Å². The van der Waals surface area contributed by atoms with Crippen LogP contribution in [0.3, 0.4) is 0 Å². The fourth-order valence-corrected chi connectivity index (χ4v) is 5.10. The number of thioether (sulfide) groups is 1. The number of benzene rings is 3. The Morgan fingerprint density at radius 1 is 1.03 bits per heavy atom. The Bertz CT molecular complexity index is 1450. The molecule has 3 N–H and O–H groups in total. The quantitative estimate of drug-likeness (QED) is 0.124. The number of hydrogen-bond donors (Lipinski definition) is 3. The van der Waals surface area contributed by atoms with Gasteiger partial charge in [0.05, 0.1) is 22.1 Å². The number of thiazole rings is 1. The summed E-state index contributed by atoms with van der Waals surface area (Å²) in [6, 6.07) is 25.0. The average Bonchev–Trinajstić information content (AvgIpc) is 3.46. The van der Waals surface area contributed by atoms with Crippen molar-refractivity contribution in [2.45, 2.75) is 10.9 Å². The second kappa shape index (κ2) is 10.7. The summed E-state index contributed by atoms with van der Waals surface area (Å²) in [6.45, 7) is 0. The third-order valence-corrected chi connectivity index (χ3v) is 7.19. The van der Waals surface area contributed by atoms with Gasteiger partial charge in [-0.1, -0.05) is 77.2 Å². The molecule has 3 aromatic carbocycles. The highest BCUT2D eigenvalue weighted by atomic mass is 35.5. The predicted molar refractivity (Wildman–Crippen MR) is 144 cm³/mol. The summed E-state index contributed by atoms with van der Waals surface area (Å²) in [5, 5.41) is 9.05. The van der Waals surface area contributed by atoms with Gasteiger partial charge in [-0.25, -0.2) is 15.4 Å². The largest absolute Gasteiger partial charge is 0.333 e. The summed E-state index contributed by atoms with van der Waals surface area (Å²) in [7, 11) is 0. The zero-order valence-electron chi connectivity index (χ0n) is 18.2. The van der Waals surface area contributed by atoms with Crippen LogP contribution in [0.4, 0.5) is 10.8 Å². The first-order valence-corrected chi connectivity index (χ1v) is 12.8. The van der Waals surface area contributed by atoms with Crippen molar-refractivity contribution in [3.63, 3.8) is 0 Å². The molecule has 174 valence electrons. The molecular formula is C25H19ClN6OS2. The molecule has 0 aliphatic carbocycles. The molecule has 35 heavy (non-hydrogen) atoms. The third kappa shape index (κ3) is 5.89. The molecule has 5 rings (SSSR count). The minimum atomic E-state index is -0.305. The molecule has 0 unspecified atom stereocenters. The van der Waals surface area contributed by atoms with E-state index in [0.717, 1.165) is 33.2 Å². The number of para-hydroxylation sites is 3. The monoisotopic (exact) mass is 518 g/mol. The maximum absolute atomic E-state index is 12.5. The van der Waals surface area contributed by atoms with Crippen LogP contribution in [0, 0.1) is 0 Å². The summed E-state index contributed by atoms with van der Waals surface area (Å²) >= 11 is 9.16. The van der Waals surface area contributed by atoms with Gasteiger partial charge in [0.2, 0.25) is 0 Å². The normalized spacial score (nSPS) is 11.2. The Labute approximate surface area is 214 Å². The van der Waals surface area contributed by atoms with Crippen LogP contribution < -0.4 is 10.7 Å². The Kier molecular flexibility index (Phi) is 7.08. The lowest BCUT2D eigenvalue weighted by Crippen LogP contribution is -2.17. The number of H-pyrrole nitrogens is 1. The number of nitrogens with one attached hydrogen (secondary N) is 3. The van der Waals surface area contributed by atoms with E-state index in [-0.39, 0.29) is 5.91 Å². The number of fused-ring (bicyclic) bond motifs is 1. The number of amides is 1. The van der Waals surface area contributed by atoms with Crippen LogP contribution >= 0.6 is 34.7 Å². The van der Waals surface area contributed by atoms with E-state index in [1.807, 2.05) is 66.7 Å². The topological polar surface area (TPSA) is 95.1 Å². The third-order valence-electron chi connectivity index (χ3n) is 4.94. The van der Waals surface area contributed by atoms with Gasteiger partial charge in [0.25, 0.3) is 5.91 Å². The number of halogens is 1. The van der Waals surface area contributed by atoms with Crippen molar-refractivity contribution in [2.24, 2.45) is 5.10 Å². The zero-order chi connectivity index (χ0) is 24.0. The number of hydrogen-bond acceptors (Lipinski definition) is 7. The van der Waals surface area contributed by atoms with Crippen molar-refractivity contribution < 1.29 is 4.79 Å². The van der Waals surface area contributed by atoms with Crippen molar-refractivity contribution in [1.29, 1.82) is 0 Å². The lowest BCUT2D eigenvalue weighted by atomic mass is 10.1. The van der Waals surface area contributed by atoms with Crippen LogP contribution in [0.15, 0.2) is 89.1 Å². The van der Waals surface area contributed by atoms with Gasteiger partial charge in [-0.05, 0) is 42.0 Å². The van der Waals surface area contributed by atoms with Crippen LogP contribution in [-0.2, 0) is 5.75 Å². The van der Waals surface area contributed by atoms with Crippen molar-refractivity contribution in [2.75, 3.05) is 5.32 Å². The van der Waals surface area contributed by atoms with Gasteiger partial charge in [0, 0.05) is 17.0 Å². The number of nitrogens with zero attached hydrogens (tertiary/aromatic N) is 3. The highest BCUT2D eigenvalue weighted by Crippen LogP contribution is 2.28. The SMILES string of the molecule is O=C(N/N=C\c1sc(Nc2ccccc2)nc1Cl)c1ccc(CSc2nc3ccccc3[nH]2)cc1. The van der Waals surface area contributed by atoms with E-state index in [9.17, 15) is 4.79 Å². The Morgan fingerprint density at radius 2 is 1.80 bits per heavy atom. The summed E-state index contributed by atoms with van der Waals surface area (Å²) in [5.41, 5.74) is 7.02. The molecule has 7 nitrogen and oxygen atoms in total. The molecule has 0 fully saturated rings. The van der Waals surface area contributed by atoms with Gasteiger partial charge in [-0.2, -0.15) is 5.10 Å². The molecular weight excluding hydrogens is 500 g/mol. The van der Waals surface area contributed by atoms with E-state index in [2.05, 4.69) is 30.8 Å². The molecule has 2 heterocycles. The summed E-state index contributed by atoms with van der Waals surface area (Å²) in [6.07, 6.45) is 1.49. The molecule has 0 aliphatic rings. The first-order chi connectivity index (χ1) is 17.1. The molecule has 0 saturated heterocycles. The first-order valence-electron chi connectivity index (χ1n) is 10.6. The van der Waals surface area contributed by atoms with Gasteiger partial charge >= 0.3 is 0 Å². The molecule has 0 atom stereocenters. The molecule has 0 saturated carbocycles. The van der Waals surface area contributed by atoms with Gasteiger partial charge < -0.3 is 10.3 Å². The Balaban J connectivity index is 1.14. The van der Waals surface area contributed by atoms with Crippen molar-refractivity contribution >= 4 is 68.7 Å². The van der Waals surface area contributed by atoms with Gasteiger partial charge in [-0.3, -0.25) is 4.79 Å². The summed E-state index contributed by atoms with van der Waals surface area (Å²) in [5.74, 6) is 0.435. The number of imidazole rings is 1. The van der Waals surface area contributed by atoms with Crippen LogP contribution in [0.25, 0.3) is 11.0 Å². The minimum absolute atomic E-state index is 0.305. The molecule has 1 amide bonds. The van der Waals surface area contributed by atoms with E-state index >= 15 is 0 Å². The zero-order valence-corrected chi connectivity index (χ0v) is 20.6. The van der Waals surface area contributed by atoms with E-state index in [4.69, 9.17) is 11.6 Å². The molecule has 0 aliphatic heterocycles.